The molecule has 7 heteroatoms. The van der Waals surface area contributed by atoms with Gasteiger partial charge in [-0.15, -0.1) is 5.10 Å². The van der Waals surface area contributed by atoms with Crippen molar-refractivity contribution in [3.8, 4) is 0 Å². The number of nitrogens with one attached hydrogen (secondary N) is 1. The van der Waals surface area contributed by atoms with Gasteiger partial charge in [0.25, 0.3) is 0 Å². The van der Waals surface area contributed by atoms with Gasteiger partial charge >= 0.3 is 0 Å². The lowest BCUT2D eigenvalue weighted by Gasteiger charge is -2.26. The second-order valence-electron chi connectivity index (χ2n) is 4.33. The van der Waals surface area contributed by atoms with Crippen LogP contribution in [0.1, 0.15) is 5.69 Å². The molecule has 1 aromatic heterocycles. The number of hydrogen-bond acceptors (Lipinski definition) is 6. The highest BCUT2D eigenvalue weighted by atomic mass is 16.5. The number of nitrogens with zero attached hydrogens (tertiary/aromatic N) is 4. The average Bonchev–Trinajstić information content (AvgIpc) is 2.84. The fourth-order valence-corrected chi connectivity index (χ4v) is 1.91. The fourth-order valence-electron chi connectivity index (χ4n) is 1.91. The summed E-state index contributed by atoms with van der Waals surface area (Å²) in [5.41, 5.74) is 0.908. The lowest BCUT2D eigenvalue weighted by atomic mass is 10.4. The Kier molecular flexibility index (Phi) is 5.53. The summed E-state index contributed by atoms with van der Waals surface area (Å²) in [6.07, 6.45) is 1.86. The van der Waals surface area contributed by atoms with Gasteiger partial charge in [0, 0.05) is 38.9 Å². The Morgan fingerprint density at radius 3 is 2.94 bits per heavy atom. The number of rotatable bonds is 7. The van der Waals surface area contributed by atoms with Crippen molar-refractivity contribution in [3.63, 3.8) is 0 Å². The molecule has 7 nitrogen and oxygen atoms in total. The molecule has 18 heavy (non-hydrogen) atoms. The molecule has 0 aromatic carbocycles. The molecule has 2 rings (SSSR count). The second kappa shape index (κ2) is 7.42. The molecule has 0 spiro atoms. The maximum absolute atomic E-state index is 8.77. The SMILES string of the molecule is OCCn1cc(CNCCN2CCOCC2)nn1. The van der Waals surface area contributed by atoms with Gasteiger partial charge in [-0.2, -0.15) is 0 Å². The molecule has 0 amide bonds. The molecular weight excluding hydrogens is 234 g/mol. The number of morpholine rings is 1. The van der Waals surface area contributed by atoms with E-state index in [0.29, 0.717) is 6.54 Å². The summed E-state index contributed by atoms with van der Waals surface area (Å²) < 4.78 is 6.95. The zero-order valence-corrected chi connectivity index (χ0v) is 10.6. The Bertz CT molecular complexity index is 338. The highest BCUT2D eigenvalue weighted by Gasteiger charge is 2.09. The third kappa shape index (κ3) is 4.34. The van der Waals surface area contributed by atoms with Crippen molar-refractivity contribution < 1.29 is 9.84 Å². The van der Waals surface area contributed by atoms with Crippen LogP contribution in [0.15, 0.2) is 6.20 Å². The van der Waals surface area contributed by atoms with Crippen LogP contribution in [0.4, 0.5) is 0 Å². The lowest BCUT2D eigenvalue weighted by molar-refractivity contribution is 0.0384. The standard InChI is InChI=1S/C11H21N5O2/c17-6-3-16-10-11(13-14-16)9-12-1-2-15-4-7-18-8-5-15/h10,12,17H,1-9H2. The molecular formula is C11H21N5O2. The first kappa shape index (κ1) is 13.4. The van der Waals surface area contributed by atoms with Crippen molar-refractivity contribution in [1.82, 2.24) is 25.2 Å². The summed E-state index contributed by atoms with van der Waals surface area (Å²) in [5, 5.41) is 20.1. The van der Waals surface area contributed by atoms with Gasteiger partial charge in [-0.05, 0) is 0 Å². The summed E-state index contributed by atoms with van der Waals surface area (Å²) in [5.74, 6) is 0. The zero-order valence-electron chi connectivity index (χ0n) is 10.6. The Morgan fingerprint density at radius 2 is 2.17 bits per heavy atom. The number of hydrogen-bond donors (Lipinski definition) is 2. The third-order valence-corrected chi connectivity index (χ3v) is 2.93. The monoisotopic (exact) mass is 255 g/mol. The van der Waals surface area contributed by atoms with E-state index in [4.69, 9.17) is 9.84 Å². The maximum atomic E-state index is 8.77. The lowest BCUT2D eigenvalue weighted by Crippen LogP contribution is -2.40. The van der Waals surface area contributed by atoms with Gasteiger partial charge in [0.1, 0.15) is 0 Å². The minimum Gasteiger partial charge on any atom is -0.394 e. The molecule has 0 unspecified atom stereocenters. The van der Waals surface area contributed by atoms with Crippen LogP contribution < -0.4 is 5.32 Å². The van der Waals surface area contributed by atoms with Gasteiger partial charge in [0.2, 0.25) is 0 Å². The van der Waals surface area contributed by atoms with Crippen LogP contribution in [0.3, 0.4) is 0 Å². The summed E-state index contributed by atoms with van der Waals surface area (Å²) in [7, 11) is 0. The predicted octanol–water partition coefficient (Wildman–Crippen LogP) is -1.31. The minimum atomic E-state index is 0.0905. The van der Waals surface area contributed by atoms with Crippen LogP contribution in [-0.2, 0) is 17.8 Å². The van der Waals surface area contributed by atoms with E-state index in [1.54, 1.807) is 4.68 Å². The van der Waals surface area contributed by atoms with Gasteiger partial charge in [-0.3, -0.25) is 4.90 Å². The molecule has 1 aromatic rings. The molecule has 2 heterocycles. The van der Waals surface area contributed by atoms with Crippen molar-refractivity contribution >= 4 is 0 Å². The predicted molar refractivity (Wildman–Crippen MR) is 66.1 cm³/mol. The molecule has 102 valence electrons. The van der Waals surface area contributed by atoms with Crippen LogP contribution in [0, 0.1) is 0 Å². The molecule has 0 radical (unpaired) electrons. The van der Waals surface area contributed by atoms with Gasteiger partial charge in [-0.1, -0.05) is 5.21 Å². The summed E-state index contributed by atoms with van der Waals surface area (Å²) >= 11 is 0. The molecule has 0 bridgehead atoms. The van der Waals surface area contributed by atoms with E-state index in [-0.39, 0.29) is 6.61 Å². The Labute approximate surface area is 107 Å². The Morgan fingerprint density at radius 1 is 1.33 bits per heavy atom. The molecule has 0 saturated carbocycles. The van der Waals surface area contributed by atoms with E-state index in [0.717, 1.165) is 51.6 Å². The van der Waals surface area contributed by atoms with Crippen molar-refractivity contribution in [2.24, 2.45) is 0 Å². The van der Waals surface area contributed by atoms with Crippen LogP contribution >= 0.6 is 0 Å². The first-order valence-corrected chi connectivity index (χ1v) is 6.39. The number of aliphatic hydroxyl groups is 1. The Hall–Kier alpha value is -1.02. The van der Waals surface area contributed by atoms with E-state index in [1.807, 2.05) is 6.20 Å². The smallest absolute Gasteiger partial charge is 0.0964 e. The van der Waals surface area contributed by atoms with Gasteiger partial charge in [0.05, 0.1) is 32.1 Å². The van der Waals surface area contributed by atoms with Crippen LogP contribution in [0.5, 0.6) is 0 Å². The second-order valence-corrected chi connectivity index (χ2v) is 4.33. The normalized spacial score (nSPS) is 17.2. The van der Waals surface area contributed by atoms with E-state index < -0.39 is 0 Å². The molecule has 1 aliphatic rings. The quantitative estimate of drug-likeness (QED) is 0.589. The van der Waals surface area contributed by atoms with E-state index in [1.165, 1.54) is 0 Å². The van der Waals surface area contributed by atoms with Gasteiger partial charge in [0.15, 0.2) is 0 Å². The average molecular weight is 255 g/mol. The van der Waals surface area contributed by atoms with E-state index in [9.17, 15) is 0 Å². The van der Waals surface area contributed by atoms with Crippen molar-refractivity contribution in [2.75, 3.05) is 46.0 Å². The number of aromatic nitrogens is 3. The molecule has 1 aliphatic heterocycles. The third-order valence-electron chi connectivity index (χ3n) is 2.93. The van der Waals surface area contributed by atoms with Gasteiger partial charge in [-0.25, -0.2) is 4.68 Å². The maximum Gasteiger partial charge on any atom is 0.0964 e. The van der Waals surface area contributed by atoms with Crippen molar-refractivity contribution in [2.45, 2.75) is 13.1 Å². The highest BCUT2D eigenvalue weighted by Crippen LogP contribution is 1.96. The minimum absolute atomic E-state index is 0.0905. The fraction of sp³-hybridized carbons (Fsp3) is 0.818. The molecule has 0 aliphatic carbocycles. The molecule has 1 saturated heterocycles. The summed E-state index contributed by atoms with van der Waals surface area (Å²) in [4.78, 5) is 2.39. The largest absolute Gasteiger partial charge is 0.394 e. The Balaban J connectivity index is 1.59. The topological polar surface area (TPSA) is 75.4 Å². The number of aliphatic hydroxyl groups excluding tert-OH is 1. The van der Waals surface area contributed by atoms with Crippen LogP contribution in [0.2, 0.25) is 0 Å². The molecule has 1 fully saturated rings. The van der Waals surface area contributed by atoms with Crippen molar-refractivity contribution in [1.29, 1.82) is 0 Å². The first-order chi connectivity index (χ1) is 8.88. The summed E-state index contributed by atoms with van der Waals surface area (Å²) in [6.45, 7) is 7.01. The first-order valence-electron chi connectivity index (χ1n) is 6.39. The summed E-state index contributed by atoms with van der Waals surface area (Å²) in [6, 6.07) is 0. The van der Waals surface area contributed by atoms with Gasteiger partial charge < -0.3 is 15.2 Å². The number of ether oxygens (including phenoxy) is 1. The van der Waals surface area contributed by atoms with Crippen LogP contribution in [-0.4, -0.2) is 71.0 Å². The van der Waals surface area contributed by atoms with Crippen molar-refractivity contribution in [3.05, 3.63) is 11.9 Å². The highest BCUT2D eigenvalue weighted by molar-refractivity contribution is 4.91. The van der Waals surface area contributed by atoms with E-state index in [2.05, 4.69) is 20.5 Å². The molecule has 2 N–H and O–H groups in total. The zero-order chi connectivity index (χ0) is 12.6. The van der Waals surface area contributed by atoms with Crippen LogP contribution in [0.25, 0.3) is 0 Å². The molecule has 0 atom stereocenters. The van der Waals surface area contributed by atoms with E-state index >= 15 is 0 Å².